The van der Waals surface area contributed by atoms with Crippen molar-refractivity contribution < 1.29 is 39.4 Å². The average Bonchev–Trinajstić information content (AvgIpc) is 2.57. The molecule has 1 aromatic heterocycles. The molecule has 3 rings (SSSR count). The summed E-state index contributed by atoms with van der Waals surface area (Å²) in [7, 11) is 0. The molecule has 0 aliphatic carbocycles. The Morgan fingerprint density at radius 1 is 1.04 bits per heavy atom. The van der Waals surface area contributed by atoms with E-state index in [0.717, 1.165) is 0 Å². The fourth-order valence-corrected chi connectivity index (χ4v) is 2.49. The number of hydrogen-bond acceptors (Lipinski definition) is 9. The summed E-state index contributed by atoms with van der Waals surface area (Å²) in [5.74, 6) is -0.650. The minimum Gasteiger partial charge on any atom is -0.504 e. The summed E-state index contributed by atoms with van der Waals surface area (Å²) < 4.78 is 15.6. The molecule has 5 atom stereocenters. The van der Waals surface area contributed by atoms with Gasteiger partial charge in [-0.3, -0.25) is 0 Å². The summed E-state index contributed by atoms with van der Waals surface area (Å²) in [5.41, 5.74) is -0.744. The van der Waals surface area contributed by atoms with Crippen LogP contribution < -0.4 is 10.4 Å². The highest BCUT2D eigenvalue weighted by Gasteiger charge is 2.45. The molecule has 130 valence electrons. The van der Waals surface area contributed by atoms with Crippen LogP contribution in [0.15, 0.2) is 33.5 Å². The Labute approximate surface area is 134 Å². The molecule has 2 aromatic rings. The van der Waals surface area contributed by atoms with Gasteiger partial charge in [0.05, 0.1) is 6.61 Å². The second-order valence-electron chi connectivity index (χ2n) is 5.40. The summed E-state index contributed by atoms with van der Waals surface area (Å²) in [6, 6.07) is 5.44. The van der Waals surface area contributed by atoms with Gasteiger partial charge in [-0.25, -0.2) is 4.79 Å². The van der Waals surface area contributed by atoms with Crippen molar-refractivity contribution in [2.24, 2.45) is 0 Å². The maximum absolute atomic E-state index is 11.4. The molecule has 9 nitrogen and oxygen atoms in total. The van der Waals surface area contributed by atoms with Crippen LogP contribution >= 0.6 is 0 Å². The van der Waals surface area contributed by atoms with E-state index in [9.17, 15) is 25.2 Å². The molecule has 1 aliphatic heterocycles. The highest BCUT2D eigenvalue weighted by molar-refractivity contribution is 5.85. The molecule has 9 heteroatoms. The predicted octanol–water partition coefficient (Wildman–Crippen LogP) is -1.32. The highest BCUT2D eigenvalue weighted by atomic mass is 16.7. The van der Waals surface area contributed by atoms with Crippen LogP contribution in [-0.4, -0.2) is 62.8 Å². The van der Waals surface area contributed by atoms with Crippen LogP contribution in [0.2, 0.25) is 0 Å². The number of aromatic hydroxyl groups is 1. The van der Waals surface area contributed by atoms with Crippen molar-refractivity contribution in [3.05, 3.63) is 34.7 Å². The third-order valence-electron chi connectivity index (χ3n) is 3.81. The van der Waals surface area contributed by atoms with Gasteiger partial charge in [0, 0.05) is 11.5 Å². The van der Waals surface area contributed by atoms with Crippen LogP contribution in [0.4, 0.5) is 0 Å². The molecular formula is C15H16O9. The Morgan fingerprint density at radius 3 is 2.46 bits per heavy atom. The molecule has 0 bridgehead atoms. The number of rotatable bonds is 3. The van der Waals surface area contributed by atoms with Gasteiger partial charge in [-0.05, 0) is 18.2 Å². The molecule has 0 radical (unpaired) electrons. The summed E-state index contributed by atoms with van der Waals surface area (Å²) >= 11 is 0. The summed E-state index contributed by atoms with van der Waals surface area (Å²) in [5, 5.41) is 49.1. The topological polar surface area (TPSA) is 150 Å². The number of phenolic OH excluding ortho intramolecular Hbond substituents is 1. The fourth-order valence-electron chi connectivity index (χ4n) is 2.49. The zero-order valence-electron chi connectivity index (χ0n) is 12.3. The van der Waals surface area contributed by atoms with Crippen LogP contribution in [0.5, 0.6) is 11.5 Å². The minimum absolute atomic E-state index is 0.0699. The first-order valence-electron chi connectivity index (χ1n) is 7.15. The lowest BCUT2D eigenvalue weighted by Gasteiger charge is -2.39. The van der Waals surface area contributed by atoms with Crippen LogP contribution in [-0.2, 0) is 4.74 Å². The quantitative estimate of drug-likeness (QED) is 0.429. The molecule has 0 spiro atoms. The van der Waals surface area contributed by atoms with Crippen LogP contribution in [0.25, 0.3) is 11.0 Å². The number of benzene rings is 1. The molecule has 5 N–H and O–H groups in total. The monoisotopic (exact) mass is 340 g/mol. The van der Waals surface area contributed by atoms with Gasteiger partial charge in [0.25, 0.3) is 0 Å². The van der Waals surface area contributed by atoms with Crippen molar-refractivity contribution in [3.8, 4) is 11.5 Å². The van der Waals surface area contributed by atoms with Gasteiger partial charge < -0.3 is 39.4 Å². The lowest BCUT2D eigenvalue weighted by Crippen LogP contribution is -2.60. The molecule has 2 heterocycles. The third-order valence-corrected chi connectivity index (χ3v) is 3.81. The van der Waals surface area contributed by atoms with Gasteiger partial charge in [-0.2, -0.15) is 0 Å². The van der Waals surface area contributed by atoms with E-state index in [-0.39, 0.29) is 17.1 Å². The van der Waals surface area contributed by atoms with Crippen molar-refractivity contribution in [1.29, 1.82) is 0 Å². The van der Waals surface area contributed by atoms with Crippen molar-refractivity contribution in [2.75, 3.05) is 6.61 Å². The van der Waals surface area contributed by atoms with E-state index in [0.29, 0.717) is 5.39 Å². The SMILES string of the molecule is O=c1ccc2ccc(O)c(O[C@@H]3O[C@H](CO)[C@@H](O)[C@H](O)[C@H]3O)c2o1. The Kier molecular flexibility index (Phi) is 4.43. The van der Waals surface area contributed by atoms with Gasteiger partial charge in [0.2, 0.25) is 12.0 Å². The largest absolute Gasteiger partial charge is 0.504 e. The van der Waals surface area contributed by atoms with Crippen molar-refractivity contribution in [3.63, 3.8) is 0 Å². The third kappa shape index (κ3) is 2.83. The molecular weight excluding hydrogens is 324 g/mol. The number of aliphatic hydroxyl groups excluding tert-OH is 4. The summed E-state index contributed by atoms with van der Waals surface area (Å²) in [4.78, 5) is 11.4. The molecule has 0 amide bonds. The second-order valence-corrected chi connectivity index (χ2v) is 5.40. The lowest BCUT2D eigenvalue weighted by atomic mass is 9.99. The number of phenols is 1. The first-order chi connectivity index (χ1) is 11.4. The van der Waals surface area contributed by atoms with Crippen molar-refractivity contribution in [2.45, 2.75) is 30.7 Å². The van der Waals surface area contributed by atoms with Crippen LogP contribution in [0, 0.1) is 0 Å². The van der Waals surface area contributed by atoms with Crippen molar-refractivity contribution in [1.82, 2.24) is 0 Å². The van der Waals surface area contributed by atoms with Crippen LogP contribution in [0.1, 0.15) is 0 Å². The number of aliphatic hydroxyl groups is 4. The van der Waals surface area contributed by atoms with Gasteiger partial charge in [-0.15, -0.1) is 0 Å². The standard InChI is InChI=1S/C15H16O9/c16-5-8-10(19)11(20)12(21)15(22-8)24-14-7(17)3-1-6-2-4-9(18)23-13(6)14/h1-4,8,10-12,15-17,19-21H,5H2/t8-,10-,11+,12-,15+/m1/s1. The van der Waals surface area contributed by atoms with E-state index >= 15 is 0 Å². The van der Waals surface area contributed by atoms with E-state index < -0.39 is 42.9 Å². The second kappa shape index (κ2) is 6.38. The average molecular weight is 340 g/mol. The maximum Gasteiger partial charge on any atom is 0.336 e. The van der Waals surface area contributed by atoms with Gasteiger partial charge in [0.15, 0.2) is 11.3 Å². The zero-order valence-corrected chi connectivity index (χ0v) is 12.3. The Balaban J connectivity index is 1.98. The van der Waals surface area contributed by atoms with E-state index in [2.05, 4.69) is 0 Å². The highest BCUT2D eigenvalue weighted by Crippen LogP contribution is 2.36. The maximum atomic E-state index is 11.4. The smallest absolute Gasteiger partial charge is 0.336 e. The van der Waals surface area contributed by atoms with Gasteiger partial charge in [0.1, 0.15) is 24.4 Å². The Hall–Kier alpha value is -2.17. The lowest BCUT2D eigenvalue weighted by molar-refractivity contribution is -0.277. The number of hydrogen-bond donors (Lipinski definition) is 5. The first kappa shape index (κ1) is 16.7. The predicted molar refractivity (Wildman–Crippen MR) is 78.5 cm³/mol. The molecule has 1 aromatic carbocycles. The minimum atomic E-state index is -1.66. The molecule has 24 heavy (non-hydrogen) atoms. The molecule has 1 saturated heterocycles. The van der Waals surface area contributed by atoms with E-state index in [1.807, 2.05) is 0 Å². The first-order valence-corrected chi connectivity index (χ1v) is 7.15. The fraction of sp³-hybridized carbons (Fsp3) is 0.400. The van der Waals surface area contributed by atoms with E-state index in [1.165, 1.54) is 24.3 Å². The van der Waals surface area contributed by atoms with Gasteiger partial charge in [-0.1, -0.05) is 0 Å². The zero-order chi connectivity index (χ0) is 17.4. The molecule has 0 unspecified atom stereocenters. The van der Waals surface area contributed by atoms with E-state index in [1.54, 1.807) is 0 Å². The van der Waals surface area contributed by atoms with Crippen molar-refractivity contribution >= 4 is 11.0 Å². The van der Waals surface area contributed by atoms with E-state index in [4.69, 9.17) is 19.0 Å². The summed E-state index contributed by atoms with van der Waals surface area (Å²) in [6.45, 7) is -0.624. The van der Waals surface area contributed by atoms with Gasteiger partial charge >= 0.3 is 5.63 Å². The normalized spacial score (nSPS) is 30.4. The number of ether oxygens (including phenoxy) is 2. The Bertz CT molecular complexity index is 784. The molecule has 1 aliphatic rings. The molecule has 1 fully saturated rings. The Morgan fingerprint density at radius 2 is 1.75 bits per heavy atom. The van der Waals surface area contributed by atoms with Crippen LogP contribution in [0.3, 0.4) is 0 Å². The molecule has 0 saturated carbocycles. The summed E-state index contributed by atoms with van der Waals surface area (Å²) in [6.07, 6.45) is -7.51. The number of fused-ring (bicyclic) bond motifs is 1.